The predicted octanol–water partition coefficient (Wildman–Crippen LogP) is 2.02. The third-order valence-electron chi connectivity index (χ3n) is 5.46. The van der Waals surface area contributed by atoms with Gasteiger partial charge in [-0.05, 0) is 55.4 Å². The van der Waals surface area contributed by atoms with Gasteiger partial charge in [0, 0.05) is 17.5 Å². The van der Waals surface area contributed by atoms with E-state index in [0.29, 0.717) is 11.8 Å². The standard InChI is InChI=1S/C16H19NO3/c1-20-12-6-4-11(5-7-12)17-15(18)13-9-2-3-10(8-9)14(13)16(17)19/h4-7,9-10,13-15,18H,2-3,8H2,1H3/t9-,10+,13-,14+,15-/m1/s1. The van der Waals surface area contributed by atoms with Crippen molar-refractivity contribution < 1.29 is 14.6 Å². The van der Waals surface area contributed by atoms with Crippen molar-refractivity contribution in [2.75, 3.05) is 12.0 Å². The molecule has 1 amide bonds. The highest BCUT2D eigenvalue weighted by atomic mass is 16.5. The molecule has 1 saturated heterocycles. The first-order valence-electron chi connectivity index (χ1n) is 7.36. The van der Waals surface area contributed by atoms with Gasteiger partial charge in [0.25, 0.3) is 0 Å². The SMILES string of the molecule is COc1ccc(N2C(=O)[C@H]3[C@H]4CC[C@H](C4)[C@H]3[C@H]2O)cc1. The first-order valence-corrected chi connectivity index (χ1v) is 7.36. The van der Waals surface area contributed by atoms with Crippen LogP contribution in [0.15, 0.2) is 24.3 Å². The van der Waals surface area contributed by atoms with Crippen LogP contribution in [0.3, 0.4) is 0 Å². The number of fused-ring (bicyclic) bond motifs is 5. The Morgan fingerprint density at radius 3 is 2.55 bits per heavy atom. The molecule has 1 aromatic rings. The topological polar surface area (TPSA) is 49.8 Å². The summed E-state index contributed by atoms with van der Waals surface area (Å²) in [6.45, 7) is 0. The zero-order chi connectivity index (χ0) is 13.9. The molecule has 5 atom stereocenters. The molecule has 20 heavy (non-hydrogen) atoms. The maximum absolute atomic E-state index is 12.7. The van der Waals surface area contributed by atoms with Crippen LogP contribution < -0.4 is 9.64 Å². The van der Waals surface area contributed by atoms with Gasteiger partial charge in [-0.15, -0.1) is 0 Å². The monoisotopic (exact) mass is 273 g/mol. The van der Waals surface area contributed by atoms with E-state index in [4.69, 9.17) is 4.74 Å². The molecule has 0 unspecified atom stereocenters. The van der Waals surface area contributed by atoms with Gasteiger partial charge in [-0.1, -0.05) is 0 Å². The van der Waals surface area contributed by atoms with Crippen LogP contribution in [0.25, 0.3) is 0 Å². The number of hydrogen-bond donors (Lipinski definition) is 1. The van der Waals surface area contributed by atoms with E-state index < -0.39 is 6.23 Å². The zero-order valence-electron chi connectivity index (χ0n) is 11.5. The van der Waals surface area contributed by atoms with Crippen molar-refractivity contribution in [2.24, 2.45) is 23.7 Å². The number of anilines is 1. The summed E-state index contributed by atoms with van der Waals surface area (Å²) in [6.07, 6.45) is 2.80. The van der Waals surface area contributed by atoms with Gasteiger partial charge < -0.3 is 9.84 Å². The van der Waals surface area contributed by atoms with Crippen molar-refractivity contribution in [3.63, 3.8) is 0 Å². The Balaban J connectivity index is 1.67. The summed E-state index contributed by atoms with van der Waals surface area (Å²) < 4.78 is 5.14. The van der Waals surface area contributed by atoms with Crippen molar-refractivity contribution in [1.29, 1.82) is 0 Å². The molecule has 0 spiro atoms. The van der Waals surface area contributed by atoms with Gasteiger partial charge in [0.2, 0.25) is 5.91 Å². The van der Waals surface area contributed by atoms with Gasteiger partial charge in [0.1, 0.15) is 12.0 Å². The molecule has 106 valence electrons. The summed E-state index contributed by atoms with van der Waals surface area (Å²) in [6, 6.07) is 7.36. The number of aliphatic hydroxyl groups is 1. The Kier molecular flexibility index (Phi) is 2.58. The van der Waals surface area contributed by atoms with Crippen LogP contribution in [-0.2, 0) is 4.79 Å². The van der Waals surface area contributed by atoms with Crippen LogP contribution in [0.1, 0.15) is 19.3 Å². The third-order valence-corrected chi connectivity index (χ3v) is 5.46. The molecule has 1 N–H and O–H groups in total. The zero-order valence-corrected chi connectivity index (χ0v) is 11.5. The fourth-order valence-electron chi connectivity index (χ4n) is 4.62. The van der Waals surface area contributed by atoms with Gasteiger partial charge in [0.05, 0.1) is 7.11 Å². The van der Waals surface area contributed by atoms with E-state index in [2.05, 4.69) is 0 Å². The van der Waals surface area contributed by atoms with Crippen molar-refractivity contribution in [3.05, 3.63) is 24.3 Å². The summed E-state index contributed by atoms with van der Waals surface area (Å²) in [5.74, 6) is 2.09. The van der Waals surface area contributed by atoms with E-state index >= 15 is 0 Å². The highest BCUT2D eigenvalue weighted by Crippen LogP contribution is 2.57. The van der Waals surface area contributed by atoms with Gasteiger partial charge in [-0.2, -0.15) is 0 Å². The molecule has 4 nitrogen and oxygen atoms in total. The highest BCUT2D eigenvalue weighted by Gasteiger charge is 2.60. The quantitative estimate of drug-likeness (QED) is 0.897. The molecule has 1 aromatic carbocycles. The molecule has 4 heteroatoms. The minimum atomic E-state index is -0.656. The molecule has 3 fully saturated rings. The smallest absolute Gasteiger partial charge is 0.232 e. The predicted molar refractivity (Wildman–Crippen MR) is 74.3 cm³/mol. The minimum Gasteiger partial charge on any atom is -0.497 e. The molecule has 4 rings (SSSR count). The van der Waals surface area contributed by atoms with E-state index in [9.17, 15) is 9.90 Å². The van der Waals surface area contributed by atoms with Crippen LogP contribution in [-0.4, -0.2) is 24.4 Å². The van der Waals surface area contributed by atoms with Gasteiger partial charge >= 0.3 is 0 Å². The Morgan fingerprint density at radius 2 is 1.90 bits per heavy atom. The number of nitrogens with zero attached hydrogens (tertiary/aromatic N) is 1. The Labute approximate surface area is 118 Å². The Bertz CT molecular complexity index is 541. The molecule has 1 heterocycles. The third kappa shape index (κ3) is 1.48. The van der Waals surface area contributed by atoms with E-state index in [0.717, 1.165) is 24.3 Å². The van der Waals surface area contributed by atoms with E-state index in [-0.39, 0.29) is 17.7 Å². The number of ether oxygens (including phenoxy) is 1. The first kappa shape index (κ1) is 12.2. The number of carbonyl (C=O) groups excluding carboxylic acids is 1. The molecule has 1 aliphatic heterocycles. The molecular weight excluding hydrogens is 254 g/mol. The lowest BCUT2D eigenvalue weighted by atomic mass is 9.81. The van der Waals surface area contributed by atoms with Crippen LogP contribution >= 0.6 is 0 Å². The number of benzene rings is 1. The van der Waals surface area contributed by atoms with Gasteiger partial charge in [-0.3, -0.25) is 9.69 Å². The van der Waals surface area contributed by atoms with E-state index in [1.165, 1.54) is 6.42 Å². The van der Waals surface area contributed by atoms with Crippen LogP contribution in [0, 0.1) is 23.7 Å². The van der Waals surface area contributed by atoms with Crippen molar-refractivity contribution >= 4 is 11.6 Å². The fourth-order valence-corrected chi connectivity index (χ4v) is 4.62. The van der Waals surface area contributed by atoms with Crippen molar-refractivity contribution in [3.8, 4) is 5.75 Å². The van der Waals surface area contributed by atoms with Crippen molar-refractivity contribution in [2.45, 2.75) is 25.5 Å². The number of rotatable bonds is 2. The van der Waals surface area contributed by atoms with Crippen LogP contribution in [0.5, 0.6) is 5.75 Å². The second kappa shape index (κ2) is 4.22. The van der Waals surface area contributed by atoms with Crippen LogP contribution in [0.2, 0.25) is 0 Å². The van der Waals surface area contributed by atoms with E-state index in [1.807, 2.05) is 24.3 Å². The van der Waals surface area contributed by atoms with Crippen LogP contribution in [0.4, 0.5) is 5.69 Å². The molecule has 2 bridgehead atoms. The number of amides is 1. The van der Waals surface area contributed by atoms with E-state index in [1.54, 1.807) is 12.0 Å². The summed E-state index contributed by atoms with van der Waals surface area (Å²) in [5.41, 5.74) is 0.775. The molecule has 2 saturated carbocycles. The van der Waals surface area contributed by atoms with Gasteiger partial charge in [-0.25, -0.2) is 0 Å². The second-order valence-electron chi connectivity index (χ2n) is 6.26. The summed E-state index contributed by atoms with van der Waals surface area (Å²) in [4.78, 5) is 14.3. The second-order valence-corrected chi connectivity index (χ2v) is 6.26. The first-order chi connectivity index (χ1) is 9.70. The molecule has 3 aliphatic rings. The number of carbonyl (C=O) groups is 1. The van der Waals surface area contributed by atoms with Crippen molar-refractivity contribution in [1.82, 2.24) is 0 Å². The average Bonchev–Trinajstić information content (AvgIpc) is 3.14. The number of aliphatic hydroxyl groups excluding tert-OH is 1. The number of methoxy groups -OCH3 is 1. The molecular formula is C16H19NO3. The lowest BCUT2D eigenvalue weighted by molar-refractivity contribution is -0.122. The Morgan fingerprint density at radius 1 is 1.20 bits per heavy atom. The summed E-state index contributed by atoms with van der Waals surface area (Å²) in [7, 11) is 1.62. The Hall–Kier alpha value is -1.55. The molecule has 0 radical (unpaired) electrons. The maximum Gasteiger partial charge on any atom is 0.232 e. The fraction of sp³-hybridized carbons (Fsp3) is 0.562. The highest BCUT2D eigenvalue weighted by molar-refractivity contribution is 5.98. The largest absolute Gasteiger partial charge is 0.497 e. The molecule has 2 aliphatic carbocycles. The lowest BCUT2D eigenvalue weighted by Crippen LogP contribution is -2.36. The lowest BCUT2D eigenvalue weighted by Gasteiger charge is -2.26. The normalized spacial score (nSPS) is 38.4. The van der Waals surface area contributed by atoms with Gasteiger partial charge in [0.15, 0.2) is 0 Å². The summed E-state index contributed by atoms with van der Waals surface area (Å²) >= 11 is 0. The maximum atomic E-state index is 12.7. The molecule has 0 aromatic heterocycles. The average molecular weight is 273 g/mol. The summed E-state index contributed by atoms with van der Waals surface area (Å²) in [5, 5.41) is 10.6. The minimum absolute atomic E-state index is 0.0471. The number of hydrogen-bond acceptors (Lipinski definition) is 3.